The number of hydrogen-bond acceptors (Lipinski definition) is 3. The summed E-state index contributed by atoms with van der Waals surface area (Å²) in [5.41, 5.74) is 0.979. The fraction of sp³-hybridized carbons (Fsp3) is 0.774. The molecule has 0 fully saturated rings. The molecule has 1 rings (SSSR count). The van der Waals surface area contributed by atoms with Gasteiger partial charge in [-0.3, -0.25) is 4.79 Å². The van der Waals surface area contributed by atoms with Crippen molar-refractivity contribution in [1.29, 1.82) is 0 Å². The molecule has 0 unspecified atom stereocenters. The molecule has 0 aliphatic heterocycles. The molecule has 1 aromatic rings. The molecule has 196 valence electrons. The lowest BCUT2D eigenvalue weighted by molar-refractivity contribution is -0.145. The zero-order chi connectivity index (χ0) is 24.5. The summed E-state index contributed by atoms with van der Waals surface area (Å²) in [6.45, 7) is 5.23. The summed E-state index contributed by atoms with van der Waals surface area (Å²) >= 11 is 0. The molecule has 34 heavy (non-hydrogen) atoms. The topological polar surface area (TPSA) is 35.5 Å². The Morgan fingerprint density at radius 3 is 1.59 bits per heavy atom. The van der Waals surface area contributed by atoms with Gasteiger partial charge in [0.05, 0.1) is 6.61 Å². The highest BCUT2D eigenvalue weighted by atomic mass is 16.5. The Morgan fingerprint density at radius 1 is 0.647 bits per heavy atom. The van der Waals surface area contributed by atoms with Crippen molar-refractivity contribution in [3.05, 3.63) is 29.8 Å². The van der Waals surface area contributed by atoms with E-state index in [0.29, 0.717) is 19.6 Å². The van der Waals surface area contributed by atoms with Crippen molar-refractivity contribution < 1.29 is 14.3 Å². The van der Waals surface area contributed by atoms with Crippen LogP contribution in [0, 0.1) is 0 Å². The van der Waals surface area contributed by atoms with Crippen molar-refractivity contribution in [1.82, 2.24) is 0 Å². The maximum atomic E-state index is 12.0. The monoisotopic (exact) mass is 474 g/mol. The fourth-order valence-electron chi connectivity index (χ4n) is 4.48. The van der Waals surface area contributed by atoms with Gasteiger partial charge in [0, 0.05) is 6.42 Å². The molecule has 0 spiro atoms. The van der Waals surface area contributed by atoms with Crippen LogP contribution in [0.2, 0.25) is 0 Å². The first kappa shape index (κ1) is 30.5. The van der Waals surface area contributed by atoms with E-state index in [0.717, 1.165) is 24.2 Å². The second kappa shape index (κ2) is 23.2. The molecule has 0 saturated heterocycles. The first-order valence-corrected chi connectivity index (χ1v) is 14.6. The molecular weight excluding hydrogens is 420 g/mol. The Kier molecular flexibility index (Phi) is 20.9. The number of carbonyl (C=O) groups is 1. The van der Waals surface area contributed by atoms with Crippen molar-refractivity contribution in [3.63, 3.8) is 0 Å². The van der Waals surface area contributed by atoms with E-state index in [9.17, 15) is 4.79 Å². The van der Waals surface area contributed by atoms with Gasteiger partial charge >= 0.3 is 5.97 Å². The van der Waals surface area contributed by atoms with Crippen LogP contribution in [0.15, 0.2) is 24.3 Å². The lowest BCUT2D eigenvalue weighted by Gasteiger charge is -2.07. The van der Waals surface area contributed by atoms with Crippen LogP contribution in [-0.2, 0) is 16.1 Å². The molecule has 0 amide bonds. The smallest absolute Gasteiger partial charge is 0.306 e. The molecule has 0 heterocycles. The summed E-state index contributed by atoms with van der Waals surface area (Å²) in [4.78, 5) is 12.0. The zero-order valence-electron chi connectivity index (χ0n) is 22.6. The van der Waals surface area contributed by atoms with E-state index < -0.39 is 0 Å². The normalized spacial score (nSPS) is 11.0. The number of ether oxygens (including phenoxy) is 2. The predicted molar refractivity (Wildman–Crippen MR) is 145 cm³/mol. The largest absolute Gasteiger partial charge is 0.494 e. The Morgan fingerprint density at radius 2 is 1.12 bits per heavy atom. The summed E-state index contributed by atoms with van der Waals surface area (Å²) < 4.78 is 10.9. The van der Waals surface area contributed by atoms with Crippen LogP contribution in [-0.4, -0.2) is 12.6 Å². The number of unbranched alkanes of at least 4 members (excludes halogenated alkanes) is 18. The Hall–Kier alpha value is -1.51. The number of esters is 1. The van der Waals surface area contributed by atoms with Crippen LogP contribution in [0.5, 0.6) is 5.75 Å². The van der Waals surface area contributed by atoms with E-state index in [1.165, 1.54) is 109 Å². The van der Waals surface area contributed by atoms with Crippen LogP contribution in [0.3, 0.4) is 0 Å². The van der Waals surface area contributed by atoms with Gasteiger partial charge in [0.25, 0.3) is 0 Å². The van der Waals surface area contributed by atoms with Crippen molar-refractivity contribution in [2.24, 2.45) is 0 Å². The molecule has 0 atom stereocenters. The average Bonchev–Trinajstić information content (AvgIpc) is 2.84. The molecule has 3 heteroatoms. The van der Waals surface area contributed by atoms with Crippen LogP contribution < -0.4 is 4.74 Å². The van der Waals surface area contributed by atoms with Gasteiger partial charge in [-0.15, -0.1) is 0 Å². The third kappa shape index (κ3) is 18.9. The highest BCUT2D eigenvalue weighted by Gasteiger charge is 2.04. The molecule has 0 aliphatic rings. The molecule has 1 aromatic carbocycles. The van der Waals surface area contributed by atoms with E-state index in [-0.39, 0.29) is 5.97 Å². The highest BCUT2D eigenvalue weighted by molar-refractivity contribution is 5.69. The molecule has 0 saturated carbocycles. The van der Waals surface area contributed by atoms with E-state index >= 15 is 0 Å². The molecule has 3 nitrogen and oxygen atoms in total. The van der Waals surface area contributed by atoms with Gasteiger partial charge in [-0.25, -0.2) is 0 Å². The van der Waals surface area contributed by atoms with Crippen LogP contribution in [0.25, 0.3) is 0 Å². The Labute approximate surface area is 211 Å². The Bertz CT molecular complexity index is 584. The van der Waals surface area contributed by atoms with Gasteiger partial charge < -0.3 is 9.47 Å². The number of benzene rings is 1. The van der Waals surface area contributed by atoms with Crippen LogP contribution >= 0.6 is 0 Å². The lowest BCUT2D eigenvalue weighted by atomic mass is 10.0. The third-order valence-electron chi connectivity index (χ3n) is 6.59. The molecular formula is C31H54O3. The minimum Gasteiger partial charge on any atom is -0.494 e. The molecule has 0 aromatic heterocycles. The second-order valence-corrected chi connectivity index (χ2v) is 9.86. The van der Waals surface area contributed by atoms with Gasteiger partial charge in [-0.05, 0) is 31.0 Å². The molecule has 0 aliphatic carbocycles. The summed E-state index contributed by atoms with van der Waals surface area (Å²) in [5, 5.41) is 0. The van der Waals surface area contributed by atoms with E-state index in [1.54, 1.807) is 0 Å². The summed E-state index contributed by atoms with van der Waals surface area (Å²) in [5.74, 6) is 0.739. The van der Waals surface area contributed by atoms with Crippen molar-refractivity contribution in [2.45, 2.75) is 149 Å². The van der Waals surface area contributed by atoms with Crippen LogP contribution in [0.1, 0.15) is 148 Å². The van der Waals surface area contributed by atoms with Gasteiger partial charge in [0.15, 0.2) is 0 Å². The van der Waals surface area contributed by atoms with E-state index in [4.69, 9.17) is 9.47 Å². The average molecular weight is 475 g/mol. The first-order chi connectivity index (χ1) is 16.8. The Balaban J connectivity index is 1.80. The standard InChI is InChI=1S/C31H54O3/c1-3-5-6-7-8-9-10-11-12-13-14-15-16-17-18-19-20-21-22-26-31(32)34-28-29-24-23-25-30(27-29)33-4-2/h23-25,27H,3-22,26,28H2,1-2H3. The third-order valence-corrected chi connectivity index (χ3v) is 6.59. The second-order valence-electron chi connectivity index (χ2n) is 9.86. The quantitative estimate of drug-likeness (QED) is 0.110. The SMILES string of the molecule is CCCCCCCCCCCCCCCCCCCCCC(=O)OCc1cccc(OCC)c1. The molecule has 0 N–H and O–H groups in total. The number of rotatable bonds is 24. The van der Waals surface area contributed by atoms with E-state index in [1.807, 2.05) is 31.2 Å². The first-order valence-electron chi connectivity index (χ1n) is 14.6. The van der Waals surface area contributed by atoms with Crippen molar-refractivity contribution in [3.8, 4) is 5.75 Å². The number of hydrogen-bond donors (Lipinski definition) is 0. The predicted octanol–water partition coefficient (Wildman–Crippen LogP) is 9.95. The molecule has 0 radical (unpaired) electrons. The van der Waals surface area contributed by atoms with Gasteiger partial charge in [-0.1, -0.05) is 135 Å². The summed E-state index contributed by atoms with van der Waals surface area (Å²) in [7, 11) is 0. The van der Waals surface area contributed by atoms with Crippen molar-refractivity contribution >= 4 is 5.97 Å². The zero-order valence-corrected chi connectivity index (χ0v) is 22.6. The van der Waals surface area contributed by atoms with Gasteiger partial charge in [0.2, 0.25) is 0 Å². The highest BCUT2D eigenvalue weighted by Crippen LogP contribution is 2.16. The van der Waals surface area contributed by atoms with Crippen molar-refractivity contribution in [2.75, 3.05) is 6.61 Å². The number of carbonyl (C=O) groups excluding carboxylic acids is 1. The van der Waals surface area contributed by atoms with E-state index in [2.05, 4.69) is 6.92 Å². The summed E-state index contributed by atoms with van der Waals surface area (Å²) in [6.07, 6.45) is 26.4. The summed E-state index contributed by atoms with van der Waals surface area (Å²) in [6, 6.07) is 7.76. The fourth-order valence-corrected chi connectivity index (χ4v) is 4.48. The maximum Gasteiger partial charge on any atom is 0.306 e. The van der Waals surface area contributed by atoms with Gasteiger partial charge in [-0.2, -0.15) is 0 Å². The lowest BCUT2D eigenvalue weighted by Crippen LogP contribution is -2.04. The molecule has 0 bridgehead atoms. The maximum absolute atomic E-state index is 12.0. The minimum absolute atomic E-state index is 0.0891. The van der Waals surface area contributed by atoms with Crippen LogP contribution in [0.4, 0.5) is 0 Å². The van der Waals surface area contributed by atoms with Gasteiger partial charge in [0.1, 0.15) is 12.4 Å². The minimum atomic E-state index is -0.0891.